The predicted octanol–water partition coefficient (Wildman–Crippen LogP) is 4.12. The highest BCUT2D eigenvalue weighted by Gasteiger charge is 2.50. The van der Waals surface area contributed by atoms with Gasteiger partial charge >= 0.3 is 0 Å². The van der Waals surface area contributed by atoms with Crippen molar-refractivity contribution in [1.29, 1.82) is 0 Å². The van der Waals surface area contributed by atoms with Gasteiger partial charge in [0.2, 0.25) is 0 Å². The molecular formula is C15H22BrNO. The number of hydrogen-bond acceptors (Lipinski definition) is 2. The Hall–Kier alpha value is -0.540. The summed E-state index contributed by atoms with van der Waals surface area (Å²) < 4.78 is 6.69. The third-order valence-electron chi connectivity index (χ3n) is 4.27. The molecule has 2 nitrogen and oxygen atoms in total. The Labute approximate surface area is 118 Å². The molecule has 0 saturated heterocycles. The fourth-order valence-electron chi connectivity index (χ4n) is 2.87. The Morgan fingerprint density at radius 2 is 2.00 bits per heavy atom. The number of nitrogens with two attached hydrogens (primary N) is 1. The number of ether oxygens (including phenoxy) is 1. The molecule has 0 radical (unpaired) electrons. The lowest BCUT2D eigenvalue weighted by molar-refractivity contribution is 0.393. The highest BCUT2D eigenvalue weighted by Crippen LogP contribution is 2.58. The molecule has 100 valence electrons. The van der Waals surface area contributed by atoms with E-state index in [-0.39, 0.29) is 6.04 Å². The summed E-state index contributed by atoms with van der Waals surface area (Å²) in [6, 6.07) is 2.16. The summed E-state index contributed by atoms with van der Waals surface area (Å²) in [6.07, 6.45) is 1.20. The van der Waals surface area contributed by atoms with Crippen LogP contribution in [0.2, 0.25) is 0 Å². The molecule has 1 saturated carbocycles. The molecule has 2 N–H and O–H groups in total. The van der Waals surface area contributed by atoms with Crippen molar-refractivity contribution in [3.05, 3.63) is 27.2 Å². The fraction of sp³-hybridized carbons (Fsp3) is 0.600. The Kier molecular flexibility index (Phi) is 3.50. The first-order chi connectivity index (χ1) is 8.29. The highest BCUT2D eigenvalue weighted by molar-refractivity contribution is 9.10. The normalized spacial score (nSPS) is 22.7. The molecule has 2 atom stereocenters. The van der Waals surface area contributed by atoms with E-state index >= 15 is 0 Å². The molecule has 0 aliphatic heterocycles. The van der Waals surface area contributed by atoms with Crippen molar-refractivity contribution >= 4 is 15.9 Å². The van der Waals surface area contributed by atoms with E-state index in [1.54, 1.807) is 7.11 Å². The smallest absolute Gasteiger partial charge is 0.126 e. The lowest BCUT2D eigenvalue weighted by atomic mass is 9.92. The molecule has 3 heteroatoms. The molecule has 2 unspecified atom stereocenters. The van der Waals surface area contributed by atoms with Crippen LogP contribution < -0.4 is 10.5 Å². The first kappa shape index (κ1) is 13.9. The second kappa shape index (κ2) is 4.53. The van der Waals surface area contributed by atoms with E-state index in [9.17, 15) is 0 Å². The molecule has 18 heavy (non-hydrogen) atoms. The van der Waals surface area contributed by atoms with Gasteiger partial charge in [0.15, 0.2) is 0 Å². The lowest BCUT2D eigenvalue weighted by Gasteiger charge is -2.22. The maximum Gasteiger partial charge on any atom is 0.126 e. The van der Waals surface area contributed by atoms with Crippen molar-refractivity contribution in [3.63, 3.8) is 0 Å². The van der Waals surface area contributed by atoms with E-state index in [0.29, 0.717) is 11.3 Å². The van der Waals surface area contributed by atoms with Crippen LogP contribution in [-0.4, -0.2) is 7.11 Å². The molecule has 0 amide bonds. The SMILES string of the molecule is COc1c(C)cc(Br)c(C)c1C(N)C1CC1(C)C. The molecule has 1 aromatic rings. The molecule has 1 aromatic carbocycles. The molecule has 0 spiro atoms. The number of benzene rings is 1. The predicted molar refractivity (Wildman–Crippen MR) is 79.0 cm³/mol. The van der Waals surface area contributed by atoms with Crippen molar-refractivity contribution < 1.29 is 4.74 Å². The highest BCUT2D eigenvalue weighted by atomic mass is 79.9. The van der Waals surface area contributed by atoms with Crippen LogP contribution >= 0.6 is 15.9 Å². The zero-order valence-corrected chi connectivity index (χ0v) is 13.4. The van der Waals surface area contributed by atoms with Gasteiger partial charge in [-0.1, -0.05) is 29.8 Å². The van der Waals surface area contributed by atoms with Crippen LogP contribution in [0.25, 0.3) is 0 Å². The summed E-state index contributed by atoms with van der Waals surface area (Å²) in [5, 5.41) is 0. The van der Waals surface area contributed by atoms with Crippen molar-refractivity contribution in [2.45, 2.75) is 40.2 Å². The molecule has 1 aliphatic rings. The van der Waals surface area contributed by atoms with Crippen LogP contribution in [-0.2, 0) is 0 Å². The van der Waals surface area contributed by atoms with Crippen molar-refractivity contribution in [3.8, 4) is 5.75 Å². The molecular weight excluding hydrogens is 290 g/mol. The maximum atomic E-state index is 6.49. The lowest BCUT2D eigenvalue weighted by Crippen LogP contribution is -2.18. The number of aryl methyl sites for hydroxylation is 1. The fourth-order valence-corrected chi connectivity index (χ4v) is 3.43. The number of methoxy groups -OCH3 is 1. The zero-order chi connectivity index (χ0) is 13.7. The molecule has 1 fully saturated rings. The van der Waals surface area contributed by atoms with Gasteiger partial charge in [-0.2, -0.15) is 0 Å². The Balaban J connectivity index is 2.49. The van der Waals surface area contributed by atoms with Crippen LogP contribution in [0, 0.1) is 25.2 Å². The summed E-state index contributed by atoms with van der Waals surface area (Å²) in [5.41, 5.74) is 10.4. The minimum Gasteiger partial charge on any atom is -0.496 e. The third-order valence-corrected chi connectivity index (χ3v) is 5.09. The Morgan fingerprint density at radius 1 is 1.44 bits per heavy atom. The van der Waals surface area contributed by atoms with Gasteiger partial charge in [0.1, 0.15) is 5.75 Å². The van der Waals surface area contributed by atoms with Gasteiger partial charge in [0.05, 0.1) is 7.11 Å². The monoisotopic (exact) mass is 311 g/mol. The van der Waals surface area contributed by atoms with Crippen molar-refractivity contribution in [2.24, 2.45) is 17.1 Å². The third kappa shape index (κ3) is 2.19. The summed E-state index contributed by atoms with van der Waals surface area (Å²) in [7, 11) is 1.73. The van der Waals surface area contributed by atoms with Gasteiger partial charge in [-0.25, -0.2) is 0 Å². The summed E-state index contributed by atoms with van der Waals surface area (Å²) in [6.45, 7) is 8.74. The molecule has 0 heterocycles. The van der Waals surface area contributed by atoms with Crippen LogP contribution in [0.3, 0.4) is 0 Å². The van der Waals surface area contributed by atoms with E-state index in [4.69, 9.17) is 10.5 Å². The average molecular weight is 312 g/mol. The van der Waals surface area contributed by atoms with Gasteiger partial charge in [0, 0.05) is 16.1 Å². The van der Waals surface area contributed by atoms with Gasteiger partial charge in [0.25, 0.3) is 0 Å². The summed E-state index contributed by atoms with van der Waals surface area (Å²) in [5.74, 6) is 1.50. The van der Waals surface area contributed by atoms with Gasteiger partial charge in [-0.3, -0.25) is 0 Å². The summed E-state index contributed by atoms with van der Waals surface area (Å²) in [4.78, 5) is 0. The number of halogens is 1. The topological polar surface area (TPSA) is 35.2 Å². The van der Waals surface area contributed by atoms with E-state index < -0.39 is 0 Å². The molecule has 0 bridgehead atoms. The molecule has 2 rings (SSSR count). The van der Waals surface area contributed by atoms with E-state index in [1.165, 1.54) is 17.5 Å². The molecule has 1 aliphatic carbocycles. The number of rotatable bonds is 3. The zero-order valence-electron chi connectivity index (χ0n) is 11.8. The largest absolute Gasteiger partial charge is 0.496 e. The maximum absolute atomic E-state index is 6.49. The first-order valence-corrected chi connectivity index (χ1v) is 7.18. The summed E-state index contributed by atoms with van der Waals surface area (Å²) >= 11 is 3.62. The van der Waals surface area contributed by atoms with Gasteiger partial charge in [-0.05, 0) is 48.8 Å². The number of hydrogen-bond donors (Lipinski definition) is 1. The first-order valence-electron chi connectivity index (χ1n) is 6.38. The van der Waals surface area contributed by atoms with Gasteiger partial charge < -0.3 is 10.5 Å². The second-order valence-corrected chi connectivity index (χ2v) is 6.93. The Morgan fingerprint density at radius 3 is 2.44 bits per heavy atom. The van der Waals surface area contributed by atoms with Crippen LogP contribution in [0.1, 0.15) is 43.0 Å². The quantitative estimate of drug-likeness (QED) is 0.911. The standard InChI is InChI=1S/C15H22BrNO/c1-8-6-11(16)9(2)12(14(8)18-5)13(17)10-7-15(10,3)4/h6,10,13H,7,17H2,1-5H3. The van der Waals surface area contributed by atoms with Gasteiger partial charge in [-0.15, -0.1) is 0 Å². The molecule has 0 aromatic heterocycles. The average Bonchev–Trinajstić information content (AvgIpc) is 2.91. The van der Waals surface area contributed by atoms with Crippen LogP contribution in [0.4, 0.5) is 0 Å². The van der Waals surface area contributed by atoms with Crippen molar-refractivity contribution in [2.75, 3.05) is 7.11 Å². The minimum atomic E-state index is 0.0612. The van der Waals surface area contributed by atoms with E-state index in [0.717, 1.165) is 15.8 Å². The van der Waals surface area contributed by atoms with E-state index in [2.05, 4.69) is 49.7 Å². The van der Waals surface area contributed by atoms with E-state index in [1.807, 2.05) is 0 Å². The van der Waals surface area contributed by atoms with Crippen LogP contribution in [0.15, 0.2) is 10.5 Å². The van der Waals surface area contributed by atoms with Crippen molar-refractivity contribution in [1.82, 2.24) is 0 Å². The minimum absolute atomic E-state index is 0.0612. The second-order valence-electron chi connectivity index (χ2n) is 6.07. The van der Waals surface area contributed by atoms with Crippen LogP contribution in [0.5, 0.6) is 5.75 Å². The Bertz CT molecular complexity index is 482.